The van der Waals surface area contributed by atoms with Crippen molar-refractivity contribution in [3.63, 3.8) is 0 Å². The fourth-order valence-corrected chi connectivity index (χ4v) is 1.60. The largest absolute Gasteiger partial charge is 0.315 e. The van der Waals surface area contributed by atoms with E-state index in [1.54, 1.807) is 0 Å². The Hall–Kier alpha value is -0.900. The third-order valence-corrected chi connectivity index (χ3v) is 2.35. The Labute approximate surface area is 85.7 Å². The van der Waals surface area contributed by atoms with E-state index in [9.17, 15) is 0 Å². The van der Waals surface area contributed by atoms with Crippen molar-refractivity contribution in [1.29, 1.82) is 0 Å². The Kier molecular flexibility index (Phi) is 4.07. The first-order valence-electron chi connectivity index (χ1n) is 5.29. The van der Waals surface area contributed by atoms with Crippen molar-refractivity contribution in [1.82, 2.24) is 20.1 Å². The lowest BCUT2D eigenvalue weighted by Gasteiger charge is -2.16. The van der Waals surface area contributed by atoms with E-state index in [1.165, 1.54) is 0 Å². The highest BCUT2D eigenvalue weighted by Crippen LogP contribution is 2.11. The Morgan fingerprint density at radius 3 is 2.50 bits per heavy atom. The molecule has 1 aromatic rings. The molecule has 1 N–H and O–H groups in total. The zero-order valence-electron chi connectivity index (χ0n) is 9.54. The van der Waals surface area contributed by atoms with E-state index in [0.29, 0.717) is 6.04 Å². The highest BCUT2D eigenvalue weighted by atomic mass is 15.4. The Balaban J connectivity index is 2.72. The first kappa shape index (κ1) is 11.2. The van der Waals surface area contributed by atoms with Crippen LogP contribution in [0.4, 0.5) is 0 Å². The van der Waals surface area contributed by atoms with Crippen molar-refractivity contribution < 1.29 is 0 Å². The fourth-order valence-electron chi connectivity index (χ4n) is 1.60. The molecule has 4 heteroatoms. The number of nitrogens with one attached hydrogen (secondary N) is 1. The van der Waals surface area contributed by atoms with Crippen molar-refractivity contribution in [2.75, 3.05) is 13.1 Å². The summed E-state index contributed by atoms with van der Waals surface area (Å²) in [6, 6.07) is 0.427. The van der Waals surface area contributed by atoms with Crippen LogP contribution >= 0.6 is 0 Å². The smallest absolute Gasteiger partial charge is 0.147 e. The molecule has 1 rings (SSSR count). The third kappa shape index (κ3) is 2.54. The van der Waals surface area contributed by atoms with E-state index >= 15 is 0 Å². The van der Waals surface area contributed by atoms with Crippen LogP contribution in [0.15, 0.2) is 0 Å². The first-order valence-corrected chi connectivity index (χ1v) is 5.29. The normalized spacial score (nSPS) is 13.1. The Morgan fingerprint density at radius 1 is 1.36 bits per heavy atom. The Morgan fingerprint density at radius 2 is 2.07 bits per heavy atom. The molecule has 0 spiro atoms. The molecule has 0 amide bonds. The number of rotatable bonds is 5. The number of aryl methyl sites for hydroxylation is 2. The van der Waals surface area contributed by atoms with Gasteiger partial charge in [-0.1, -0.05) is 13.8 Å². The lowest BCUT2D eigenvalue weighted by Crippen LogP contribution is -2.26. The van der Waals surface area contributed by atoms with Crippen LogP contribution in [0.1, 0.15) is 38.0 Å². The van der Waals surface area contributed by atoms with Crippen LogP contribution < -0.4 is 5.32 Å². The van der Waals surface area contributed by atoms with Crippen LogP contribution in [0, 0.1) is 13.8 Å². The zero-order valence-corrected chi connectivity index (χ0v) is 9.54. The average Bonchev–Trinajstić information content (AvgIpc) is 2.47. The minimum Gasteiger partial charge on any atom is -0.315 e. The number of likely N-dealkylation sites (N-methyl/N-ethyl adjacent to an activating group) is 1. The second-order valence-electron chi connectivity index (χ2n) is 3.52. The third-order valence-electron chi connectivity index (χ3n) is 2.35. The van der Waals surface area contributed by atoms with Gasteiger partial charge in [-0.15, -0.1) is 0 Å². The van der Waals surface area contributed by atoms with Gasteiger partial charge in [-0.25, -0.2) is 9.67 Å². The van der Waals surface area contributed by atoms with Gasteiger partial charge < -0.3 is 5.32 Å². The molecule has 0 saturated heterocycles. The predicted molar refractivity (Wildman–Crippen MR) is 57.4 cm³/mol. The maximum absolute atomic E-state index is 4.40. The standard InChI is InChI=1S/C10H20N4/c1-5-10(7-11-6-2)14-9(4)12-8(3)13-14/h10-11H,5-7H2,1-4H3. The lowest BCUT2D eigenvalue weighted by atomic mass is 10.2. The summed E-state index contributed by atoms with van der Waals surface area (Å²) in [5, 5.41) is 7.75. The van der Waals surface area contributed by atoms with Crippen LogP contribution in [0.5, 0.6) is 0 Å². The van der Waals surface area contributed by atoms with Gasteiger partial charge in [0.15, 0.2) is 0 Å². The minimum atomic E-state index is 0.427. The van der Waals surface area contributed by atoms with Crippen LogP contribution in [0.3, 0.4) is 0 Å². The summed E-state index contributed by atoms with van der Waals surface area (Å²) in [5.41, 5.74) is 0. The molecule has 80 valence electrons. The van der Waals surface area contributed by atoms with Crippen molar-refractivity contribution in [2.45, 2.75) is 40.2 Å². The topological polar surface area (TPSA) is 42.7 Å². The van der Waals surface area contributed by atoms with E-state index in [4.69, 9.17) is 0 Å². The molecule has 1 heterocycles. The molecule has 1 atom stereocenters. The summed E-state index contributed by atoms with van der Waals surface area (Å²) >= 11 is 0. The maximum Gasteiger partial charge on any atom is 0.147 e. The van der Waals surface area contributed by atoms with Gasteiger partial charge in [0.2, 0.25) is 0 Å². The molecule has 0 aliphatic carbocycles. The fraction of sp³-hybridized carbons (Fsp3) is 0.800. The van der Waals surface area contributed by atoms with Crippen molar-refractivity contribution in [3.8, 4) is 0 Å². The van der Waals surface area contributed by atoms with Crippen LogP contribution in [-0.2, 0) is 0 Å². The monoisotopic (exact) mass is 196 g/mol. The van der Waals surface area contributed by atoms with Gasteiger partial charge in [0, 0.05) is 6.54 Å². The summed E-state index contributed by atoms with van der Waals surface area (Å²) in [6.07, 6.45) is 1.08. The Bertz CT molecular complexity index is 280. The second-order valence-corrected chi connectivity index (χ2v) is 3.52. The summed E-state index contributed by atoms with van der Waals surface area (Å²) < 4.78 is 2.03. The molecule has 0 aromatic carbocycles. The number of aromatic nitrogens is 3. The van der Waals surface area contributed by atoms with E-state index in [2.05, 4.69) is 29.2 Å². The molecule has 0 saturated carbocycles. The molecule has 0 fully saturated rings. The molecule has 1 aromatic heterocycles. The average molecular weight is 196 g/mol. The van der Waals surface area contributed by atoms with Gasteiger partial charge in [0.25, 0.3) is 0 Å². The van der Waals surface area contributed by atoms with Crippen LogP contribution in [0.25, 0.3) is 0 Å². The SMILES string of the molecule is CCNCC(CC)n1nc(C)nc1C. The van der Waals surface area contributed by atoms with Gasteiger partial charge in [-0.2, -0.15) is 5.10 Å². The van der Waals surface area contributed by atoms with Gasteiger partial charge in [-0.3, -0.25) is 0 Å². The summed E-state index contributed by atoms with van der Waals surface area (Å²) in [4.78, 5) is 4.31. The molecular weight excluding hydrogens is 176 g/mol. The van der Waals surface area contributed by atoms with Crippen molar-refractivity contribution in [2.24, 2.45) is 0 Å². The molecule has 4 nitrogen and oxygen atoms in total. The molecule has 0 aliphatic heterocycles. The molecule has 1 unspecified atom stereocenters. The van der Waals surface area contributed by atoms with Gasteiger partial charge in [0.05, 0.1) is 6.04 Å². The summed E-state index contributed by atoms with van der Waals surface area (Å²) in [5.74, 6) is 1.87. The predicted octanol–water partition coefficient (Wildman–Crippen LogP) is 1.46. The first-order chi connectivity index (χ1) is 6.69. The minimum absolute atomic E-state index is 0.427. The van der Waals surface area contributed by atoms with Gasteiger partial charge >= 0.3 is 0 Å². The van der Waals surface area contributed by atoms with E-state index in [1.807, 2.05) is 18.5 Å². The zero-order chi connectivity index (χ0) is 10.6. The highest BCUT2D eigenvalue weighted by molar-refractivity contribution is 4.90. The second kappa shape index (κ2) is 5.10. The molecule has 0 radical (unpaired) electrons. The summed E-state index contributed by atoms with van der Waals surface area (Å²) in [7, 11) is 0. The van der Waals surface area contributed by atoms with Gasteiger partial charge in [-0.05, 0) is 26.8 Å². The number of hydrogen-bond acceptors (Lipinski definition) is 3. The van der Waals surface area contributed by atoms with Gasteiger partial charge in [0.1, 0.15) is 11.6 Å². The quantitative estimate of drug-likeness (QED) is 0.775. The van der Waals surface area contributed by atoms with E-state index in [-0.39, 0.29) is 0 Å². The maximum atomic E-state index is 4.40. The number of hydrogen-bond donors (Lipinski definition) is 1. The van der Waals surface area contributed by atoms with Crippen molar-refractivity contribution in [3.05, 3.63) is 11.6 Å². The molecule has 0 bridgehead atoms. The summed E-state index contributed by atoms with van der Waals surface area (Å²) in [6.45, 7) is 10.2. The molecule has 0 aliphatic rings. The number of nitrogens with zero attached hydrogens (tertiary/aromatic N) is 3. The van der Waals surface area contributed by atoms with Crippen LogP contribution in [0.2, 0.25) is 0 Å². The van der Waals surface area contributed by atoms with Crippen LogP contribution in [-0.4, -0.2) is 27.9 Å². The highest BCUT2D eigenvalue weighted by Gasteiger charge is 2.12. The van der Waals surface area contributed by atoms with E-state index < -0.39 is 0 Å². The molecular formula is C10H20N4. The molecule has 14 heavy (non-hydrogen) atoms. The van der Waals surface area contributed by atoms with E-state index in [0.717, 1.165) is 31.2 Å². The van der Waals surface area contributed by atoms with Crippen molar-refractivity contribution >= 4 is 0 Å². The lowest BCUT2D eigenvalue weighted by molar-refractivity contribution is 0.406.